The molecule has 1 aliphatic heterocycles. The van der Waals surface area contributed by atoms with Gasteiger partial charge in [0.25, 0.3) is 6.02 Å². The van der Waals surface area contributed by atoms with Crippen molar-refractivity contribution in [2.75, 3.05) is 11.5 Å². The van der Waals surface area contributed by atoms with Crippen molar-refractivity contribution in [1.29, 1.82) is 0 Å². The zero-order chi connectivity index (χ0) is 18.9. The summed E-state index contributed by atoms with van der Waals surface area (Å²) in [5.74, 6) is 0.392. The number of hydrogen-bond donors (Lipinski definition) is 0. The summed E-state index contributed by atoms with van der Waals surface area (Å²) in [6.07, 6.45) is 6.64. The number of ether oxygens (including phenoxy) is 1. The van der Waals surface area contributed by atoms with Crippen LogP contribution in [0.5, 0.6) is 0 Å². The second-order valence-electron chi connectivity index (χ2n) is 7.13. The molecule has 2 aromatic carbocycles. The van der Waals surface area contributed by atoms with Crippen LogP contribution < -0.4 is 4.90 Å². The fourth-order valence-corrected chi connectivity index (χ4v) is 4.45. The number of fused-ring (bicyclic) bond motifs is 1. The summed E-state index contributed by atoms with van der Waals surface area (Å²) < 4.78 is 6.17. The first-order valence-corrected chi connectivity index (χ1v) is 10.0. The molecule has 1 heterocycles. The van der Waals surface area contributed by atoms with Gasteiger partial charge in [0.05, 0.1) is 17.8 Å². The van der Waals surface area contributed by atoms with Crippen LogP contribution in [0.3, 0.4) is 0 Å². The largest absolute Gasteiger partial charge is 0.464 e. The monoisotopic (exact) mass is 400 g/mol. The SMILES string of the molecule is C=C[C@]12CCCC[C@H]1COC(=Nc1ccc(Cl)cc1)N2c1ccc(Cl)cc1. The fourth-order valence-electron chi connectivity index (χ4n) is 4.20. The maximum absolute atomic E-state index is 6.17. The molecule has 1 saturated heterocycles. The topological polar surface area (TPSA) is 24.8 Å². The van der Waals surface area contributed by atoms with Crippen LogP contribution >= 0.6 is 23.2 Å². The third-order valence-corrected chi connectivity index (χ3v) is 6.10. The van der Waals surface area contributed by atoms with Crippen molar-refractivity contribution in [3.8, 4) is 0 Å². The summed E-state index contributed by atoms with van der Waals surface area (Å²) in [6.45, 7) is 4.87. The van der Waals surface area contributed by atoms with Crippen LogP contribution in [0.1, 0.15) is 25.7 Å². The van der Waals surface area contributed by atoms with E-state index < -0.39 is 0 Å². The van der Waals surface area contributed by atoms with Crippen LogP contribution in [0.15, 0.2) is 66.2 Å². The van der Waals surface area contributed by atoms with Crippen molar-refractivity contribution >= 4 is 40.6 Å². The van der Waals surface area contributed by atoms with E-state index in [-0.39, 0.29) is 5.54 Å². The van der Waals surface area contributed by atoms with Gasteiger partial charge in [-0.25, -0.2) is 0 Å². The summed E-state index contributed by atoms with van der Waals surface area (Å²) in [6, 6.07) is 15.9. The van der Waals surface area contributed by atoms with Gasteiger partial charge >= 0.3 is 0 Å². The second kappa shape index (κ2) is 7.57. The van der Waals surface area contributed by atoms with Gasteiger partial charge in [-0.1, -0.05) is 42.1 Å². The molecule has 4 rings (SSSR count). The molecule has 0 radical (unpaired) electrons. The molecule has 0 aromatic heterocycles. The van der Waals surface area contributed by atoms with E-state index in [1.165, 1.54) is 12.8 Å². The normalized spacial score (nSPS) is 26.4. The summed E-state index contributed by atoms with van der Waals surface area (Å²) in [5, 5.41) is 1.40. The van der Waals surface area contributed by atoms with Crippen molar-refractivity contribution < 1.29 is 4.74 Å². The Morgan fingerprint density at radius 3 is 2.37 bits per heavy atom. The van der Waals surface area contributed by atoms with E-state index in [9.17, 15) is 0 Å². The predicted molar refractivity (Wildman–Crippen MR) is 113 cm³/mol. The quantitative estimate of drug-likeness (QED) is 0.539. The summed E-state index contributed by atoms with van der Waals surface area (Å²) in [4.78, 5) is 7.01. The number of nitrogens with zero attached hydrogens (tertiary/aromatic N) is 2. The summed E-state index contributed by atoms with van der Waals surface area (Å²) >= 11 is 12.1. The van der Waals surface area contributed by atoms with Gasteiger partial charge in [0, 0.05) is 21.7 Å². The molecular formula is C22H22Cl2N2O. The fraction of sp³-hybridized carbons (Fsp3) is 0.318. The van der Waals surface area contributed by atoms with Crippen LogP contribution in [0, 0.1) is 5.92 Å². The molecule has 5 heteroatoms. The Morgan fingerprint density at radius 1 is 1.04 bits per heavy atom. The van der Waals surface area contributed by atoms with Gasteiger partial charge in [-0.15, -0.1) is 6.58 Å². The molecule has 27 heavy (non-hydrogen) atoms. The van der Waals surface area contributed by atoms with E-state index in [1.54, 1.807) is 0 Å². The molecular weight excluding hydrogens is 379 g/mol. The molecule has 0 amide bonds. The van der Waals surface area contributed by atoms with E-state index in [0.717, 1.165) is 24.2 Å². The lowest BCUT2D eigenvalue weighted by Crippen LogP contribution is -2.62. The Balaban J connectivity index is 1.82. The number of amidine groups is 1. The first-order chi connectivity index (χ1) is 13.1. The molecule has 0 unspecified atom stereocenters. The number of aliphatic imine (C=N–C) groups is 1. The Bertz CT molecular complexity index is 848. The van der Waals surface area contributed by atoms with Crippen LogP contribution in [0.25, 0.3) is 0 Å². The average Bonchev–Trinajstić information content (AvgIpc) is 2.70. The minimum Gasteiger partial charge on any atom is -0.464 e. The van der Waals surface area contributed by atoms with E-state index in [1.807, 2.05) is 48.5 Å². The van der Waals surface area contributed by atoms with Crippen molar-refractivity contribution in [2.45, 2.75) is 31.2 Å². The van der Waals surface area contributed by atoms with Crippen molar-refractivity contribution in [3.63, 3.8) is 0 Å². The molecule has 3 nitrogen and oxygen atoms in total. The zero-order valence-electron chi connectivity index (χ0n) is 15.1. The zero-order valence-corrected chi connectivity index (χ0v) is 16.6. The van der Waals surface area contributed by atoms with Gasteiger partial charge in [-0.05, 0) is 61.4 Å². The van der Waals surface area contributed by atoms with E-state index in [0.29, 0.717) is 28.6 Å². The Morgan fingerprint density at radius 2 is 1.70 bits per heavy atom. The first-order valence-electron chi connectivity index (χ1n) is 9.29. The van der Waals surface area contributed by atoms with Crippen LogP contribution in [-0.4, -0.2) is 18.2 Å². The molecule has 1 saturated carbocycles. The number of halogens is 2. The highest BCUT2D eigenvalue weighted by Crippen LogP contribution is 2.45. The van der Waals surface area contributed by atoms with Gasteiger partial charge in [0.15, 0.2) is 0 Å². The molecule has 2 atom stereocenters. The maximum Gasteiger partial charge on any atom is 0.298 e. The molecule has 140 valence electrons. The molecule has 2 fully saturated rings. The third kappa shape index (κ3) is 3.46. The maximum atomic E-state index is 6.17. The number of benzene rings is 2. The van der Waals surface area contributed by atoms with Gasteiger partial charge < -0.3 is 4.74 Å². The van der Waals surface area contributed by atoms with Gasteiger partial charge in [0.1, 0.15) is 0 Å². The lowest BCUT2D eigenvalue weighted by Gasteiger charge is -2.53. The number of anilines is 1. The van der Waals surface area contributed by atoms with E-state index >= 15 is 0 Å². The standard InChI is InChI=1S/C22H22Cl2N2O/c1-2-22-14-4-3-5-16(22)15-27-21(25-19-10-6-17(23)7-11-19)26(22)20-12-8-18(24)9-13-20/h2,6-13,16H,1,3-5,14-15H2/t16-,22-/m0/s1. The van der Waals surface area contributed by atoms with E-state index in [2.05, 4.69) is 17.6 Å². The highest BCUT2D eigenvalue weighted by atomic mass is 35.5. The highest BCUT2D eigenvalue weighted by molar-refractivity contribution is 6.31. The highest BCUT2D eigenvalue weighted by Gasteiger charge is 2.49. The molecule has 0 spiro atoms. The lowest BCUT2D eigenvalue weighted by atomic mass is 9.71. The lowest BCUT2D eigenvalue weighted by molar-refractivity contribution is 0.106. The molecule has 0 bridgehead atoms. The van der Waals surface area contributed by atoms with Crippen LogP contribution in [-0.2, 0) is 4.74 Å². The van der Waals surface area contributed by atoms with Crippen molar-refractivity contribution in [3.05, 3.63) is 71.2 Å². The number of hydrogen-bond acceptors (Lipinski definition) is 2. The van der Waals surface area contributed by atoms with Gasteiger partial charge in [-0.2, -0.15) is 4.99 Å². The smallest absolute Gasteiger partial charge is 0.298 e. The molecule has 2 aliphatic rings. The minimum atomic E-state index is -0.199. The van der Waals surface area contributed by atoms with Crippen molar-refractivity contribution in [1.82, 2.24) is 0 Å². The van der Waals surface area contributed by atoms with E-state index in [4.69, 9.17) is 32.9 Å². The predicted octanol–water partition coefficient (Wildman–Crippen LogP) is 6.63. The first kappa shape index (κ1) is 18.4. The molecule has 2 aromatic rings. The van der Waals surface area contributed by atoms with Crippen LogP contribution in [0.4, 0.5) is 11.4 Å². The van der Waals surface area contributed by atoms with Crippen LogP contribution in [0.2, 0.25) is 10.0 Å². The minimum absolute atomic E-state index is 0.199. The van der Waals surface area contributed by atoms with Gasteiger partial charge in [0.2, 0.25) is 0 Å². The second-order valence-corrected chi connectivity index (χ2v) is 8.00. The Hall–Kier alpha value is -1.97. The molecule has 1 aliphatic carbocycles. The molecule has 0 N–H and O–H groups in total. The Kier molecular flexibility index (Phi) is 5.16. The average molecular weight is 401 g/mol. The Labute approximate surface area is 170 Å². The number of rotatable bonds is 3. The summed E-state index contributed by atoms with van der Waals surface area (Å²) in [5.41, 5.74) is 1.62. The van der Waals surface area contributed by atoms with Crippen molar-refractivity contribution in [2.24, 2.45) is 10.9 Å². The third-order valence-electron chi connectivity index (χ3n) is 5.60. The summed E-state index contributed by atoms with van der Waals surface area (Å²) in [7, 11) is 0. The van der Waals surface area contributed by atoms with Gasteiger partial charge in [-0.3, -0.25) is 4.90 Å².